The Labute approximate surface area is 149 Å². The van der Waals surface area contributed by atoms with Crippen LogP contribution in [0.1, 0.15) is 51.4 Å². The fraction of sp³-hybridized carbons (Fsp3) is 0.875. The molecule has 8 nitrogen and oxygen atoms in total. The van der Waals surface area contributed by atoms with E-state index in [9.17, 15) is 18.0 Å². The molecule has 1 aliphatic heterocycles. The molecule has 2 rings (SSSR count). The van der Waals surface area contributed by atoms with Gasteiger partial charge in [0, 0.05) is 25.2 Å². The number of rotatable bonds is 6. The average Bonchev–Trinajstić information content (AvgIpc) is 2.54. The number of carboxylic acids is 1. The van der Waals surface area contributed by atoms with E-state index in [2.05, 4.69) is 10.0 Å². The summed E-state index contributed by atoms with van der Waals surface area (Å²) < 4.78 is 24.8. The van der Waals surface area contributed by atoms with E-state index in [1.807, 2.05) is 4.90 Å². The molecule has 144 valence electrons. The lowest BCUT2D eigenvalue weighted by Gasteiger charge is -2.37. The van der Waals surface area contributed by atoms with Gasteiger partial charge in [0.1, 0.15) is 0 Å². The van der Waals surface area contributed by atoms with Gasteiger partial charge in [-0.25, -0.2) is 17.9 Å². The fourth-order valence-electron chi connectivity index (χ4n) is 3.72. The number of carbonyl (C=O) groups excluding carboxylic acids is 1. The molecule has 1 heterocycles. The lowest BCUT2D eigenvalue weighted by Crippen LogP contribution is -2.52. The van der Waals surface area contributed by atoms with Gasteiger partial charge in [0.15, 0.2) is 0 Å². The predicted molar refractivity (Wildman–Crippen MR) is 93.7 cm³/mol. The fourth-order valence-corrected chi connectivity index (χ4v) is 4.21. The minimum absolute atomic E-state index is 0.0276. The van der Waals surface area contributed by atoms with Gasteiger partial charge < -0.3 is 15.3 Å². The summed E-state index contributed by atoms with van der Waals surface area (Å²) in [6.07, 6.45) is 7.19. The van der Waals surface area contributed by atoms with E-state index in [4.69, 9.17) is 5.11 Å². The van der Waals surface area contributed by atoms with Crippen LogP contribution in [0.15, 0.2) is 0 Å². The number of hydrogen-bond donors (Lipinski definition) is 3. The second-order valence-electron chi connectivity index (χ2n) is 7.13. The zero-order valence-electron chi connectivity index (χ0n) is 14.7. The SMILES string of the molecule is CS(=O)(=O)NCCC1CCCCN1C(=O)NC1CCC(C(=O)O)CC1. The highest BCUT2D eigenvalue weighted by molar-refractivity contribution is 7.88. The highest BCUT2D eigenvalue weighted by Crippen LogP contribution is 2.25. The van der Waals surface area contributed by atoms with E-state index in [-0.39, 0.29) is 24.0 Å². The van der Waals surface area contributed by atoms with E-state index in [1.165, 1.54) is 0 Å². The Balaban J connectivity index is 1.82. The summed E-state index contributed by atoms with van der Waals surface area (Å²) >= 11 is 0. The summed E-state index contributed by atoms with van der Waals surface area (Å²) in [5, 5.41) is 12.1. The van der Waals surface area contributed by atoms with Crippen molar-refractivity contribution in [1.82, 2.24) is 14.9 Å². The molecule has 1 unspecified atom stereocenters. The van der Waals surface area contributed by atoms with Crippen LogP contribution in [0, 0.1) is 5.92 Å². The zero-order chi connectivity index (χ0) is 18.4. The normalized spacial score (nSPS) is 27.7. The molecule has 25 heavy (non-hydrogen) atoms. The first kappa shape index (κ1) is 20.0. The van der Waals surface area contributed by atoms with Gasteiger partial charge >= 0.3 is 12.0 Å². The van der Waals surface area contributed by atoms with Crippen molar-refractivity contribution in [2.45, 2.75) is 63.5 Å². The predicted octanol–water partition coefficient (Wildman–Crippen LogP) is 1.13. The maximum atomic E-state index is 12.6. The van der Waals surface area contributed by atoms with Crippen molar-refractivity contribution in [2.24, 2.45) is 5.92 Å². The molecule has 0 aromatic rings. The first-order valence-corrected chi connectivity index (χ1v) is 10.9. The van der Waals surface area contributed by atoms with E-state index < -0.39 is 16.0 Å². The Morgan fingerprint density at radius 1 is 1.12 bits per heavy atom. The summed E-state index contributed by atoms with van der Waals surface area (Å²) in [5.74, 6) is -1.04. The molecule has 1 saturated heterocycles. The molecular weight excluding hydrogens is 346 g/mol. The number of hydrogen-bond acceptors (Lipinski definition) is 4. The van der Waals surface area contributed by atoms with Crippen LogP contribution in [0.4, 0.5) is 4.79 Å². The molecule has 1 atom stereocenters. The molecule has 3 N–H and O–H groups in total. The van der Waals surface area contributed by atoms with Crippen LogP contribution in [-0.4, -0.2) is 61.9 Å². The van der Waals surface area contributed by atoms with Crippen LogP contribution in [-0.2, 0) is 14.8 Å². The van der Waals surface area contributed by atoms with Gasteiger partial charge in [-0.05, 0) is 51.4 Å². The minimum Gasteiger partial charge on any atom is -0.481 e. The van der Waals surface area contributed by atoms with Gasteiger partial charge in [0.25, 0.3) is 0 Å². The number of piperidine rings is 1. The number of nitrogens with zero attached hydrogens (tertiary/aromatic N) is 1. The first-order chi connectivity index (χ1) is 11.8. The van der Waals surface area contributed by atoms with Crippen molar-refractivity contribution < 1.29 is 23.1 Å². The van der Waals surface area contributed by atoms with Crippen LogP contribution in [0.2, 0.25) is 0 Å². The third-order valence-electron chi connectivity index (χ3n) is 5.13. The van der Waals surface area contributed by atoms with Crippen molar-refractivity contribution in [3.8, 4) is 0 Å². The van der Waals surface area contributed by atoms with E-state index >= 15 is 0 Å². The van der Waals surface area contributed by atoms with E-state index in [0.717, 1.165) is 25.5 Å². The minimum atomic E-state index is -3.21. The first-order valence-electron chi connectivity index (χ1n) is 9.01. The molecular formula is C16H29N3O5S. The van der Waals surface area contributed by atoms with Crippen LogP contribution in [0.3, 0.4) is 0 Å². The molecule has 0 radical (unpaired) electrons. The molecule has 1 aliphatic carbocycles. The highest BCUT2D eigenvalue weighted by Gasteiger charge is 2.30. The molecule has 0 aromatic heterocycles. The second-order valence-corrected chi connectivity index (χ2v) is 8.97. The summed E-state index contributed by atoms with van der Waals surface area (Å²) in [7, 11) is -3.21. The Hall–Kier alpha value is -1.35. The summed E-state index contributed by atoms with van der Waals surface area (Å²) in [6, 6.07) is -0.0407. The molecule has 0 bridgehead atoms. The largest absolute Gasteiger partial charge is 0.481 e. The Bertz CT molecular complexity index is 572. The van der Waals surface area contributed by atoms with Crippen molar-refractivity contribution in [3.63, 3.8) is 0 Å². The van der Waals surface area contributed by atoms with Crippen molar-refractivity contribution in [2.75, 3.05) is 19.3 Å². The summed E-state index contributed by atoms with van der Waals surface area (Å²) in [4.78, 5) is 25.4. The number of nitrogens with one attached hydrogen (secondary N) is 2. The molecule has 2 amide bonds. The van der Waals surface area contributed by atoms with E-state index in [1.54, 1.807) is 0 Å². The number of amides is 2. The topological polar surface area (TPSA) is 116 Å². The smallest absolute Gasteiger partial charge is 0.317 e. The van der Waals surface area contributed by atoms with Crippen LogP contribution < -0.4 is 10.0 Å². The number of urea groups is 1. The van der Waals surface area contributed by atoms with Crippen molar-refractivity contribution >= 4 is 22.0 Å². The number of aliphatic carboxylic acids is 1. The Kier molecular flexibility index (Phi) is 7.06. The maximum absolute atomic E-state index is 12.6. The van der Waals surface area contributed by atoms with Crippen molar-refractivity contribution in [1.29, 1.82) is 0 Å². The van der Waals surface area contributed by atoms with E-state index in [0.29, 0.717) is 45.2 Å². The molecule has 2 aliphatic rings. The Morgan fingerprint density at radius 2 is 1.80 bits per heavy atom. The highest BCUT2D eigenvalue weighted by atomic mass is 32.2. The molecule has 0 aromatic carbocycles. The standard InChI is InChI=1S/C16H29N3O5S/c1-25(23,24)17-10-9-14-4-2-3-11-19(14)16(22)18-13-7-5-12(6-8-13)15(20)21/h12-14,17H,2-11H2,1H3,(H,18,22)(H,20,21). The number of likely N-dealkylation sites (tertiary alicyclic amines) is 1. The average molecular weight is 375 g/mol. The quantitative estimate of drug-likeness (QED) is 0.644. The number of sulfonamides is 1. The lowest BCUT2D eigenvalue weighted by molar-refractivity contribution is -0.142. The van der Waals surface area contributed by atoms with Crippen LogP contribution >= 0.6 is 0 Å². The van der Waals surface area contributed by atoms with Crippen LogP contribution in [0.5, 0.6) is 0 Å². The monoisotopic (exact) mass is 375 g/mol. The third-order valence-corrected chi connectivity index (χ3v) is 5.86. The van der Waals surface area contributed by atoms with Gasteiger partial charge in [0.2, 0.25) is 10.0 Å². The van der Waals surface area contributed by atoms with Gasteiger partial charge in [-0.3, -0.25) is 4.79 Å². The summed E-state index contributed by atoms with van der Waals surface area (Å²) in [5.41, 5.74) is 0. The van der Waals surface area contributed by atoms with Gasteiger partial charge in [-0.15, -0.1) is 0 Å². The zero-order valence-corrected chi connectivity index (χ0v) is 15.6. The number of carbonyl (C=O) groups is 2. The van der Waals surface area contributed by atoms with Crippen molar-refractivity contribution in [3.05, 3.63) is 0 Å². The second kappa shape index (κ2) is 8.84. The van der Waals surface area contributed by atoms with Crippen LogP contribution in [0.25, 0.3) is 0 Å². The number of carboxylic acid groups (broad SMARTS) is 1. The molecule has 1 saturated carbocycles. The lowest BCUT2D eigenvalue weighted by atomic mass is 9.86. The maximum Gasteiger partial charge on any atom is 0.317 e. The summed E-state index contributed by atoms with van der Waals surface area (Å²) in [6.45, 7) is 1.01. The molecule has 9 heteroatoms. The Morgan fingerprint density at radius 3 is 2.40 bits per heavy atom. The van der Waals surface area contributed by atoms with Gasteiger partial charge in [-0.1, -0.05) is 0 Å². The third kappa shape index (κ3) is 6.47. The van der Waals surface area contributed by atoms with Gasteiger partial charge in [-0.2, -0.15) is 0 Å². The van der Waals surface area contributed by atoms with Gasteiger partial charge in [0.05, 0.1) is 12.2 Å². The molecule has 0 spiro atoms. The molecule has 2 fully saturated rings.